The highest BCUT2D eigenvalue weighted by Gasteiger charge is 2.17. The number of benzene rings is 1. The van der Waals surface area contributed by atoms with Crippen LogP contribution in [0, 0.1) is 5.92 Å². The number of hydrogen-bond donors (Lipinski definition) is 0. The lowest BCUT2D eigenvalue weighted by molar-refractivity contribution is -0.145. The molecule has 0 aliphatic carbocycles. The van der Waals surface area contributed by atoms with E-state index in [0.717, 1.165) is 23.1 Å². The maximum Gasteiger partial charge on any atom is 0.308 e. The van der Waals surface area contributed by atoms with Gasteiger partial charge in [0.15, 0.2) is 12.0 Å². The maximum atomic E-state index is 11.5. The van der Waals surface area contributed by atoms with E-state index in [1.807, 2.05) is 25.1 Å². The van der Waals surface area contributed by atoms with E-state index in [4.69, 9.17) is 9.15 Å². The Kier molecular flexibility index (Phi) is 3.42. The summed E-state index contributed by atoms with van der Waals surface area (Å²) in [7, 11) is 1.42. The van der Waals surface area contributed by atoms with E-state index in [-0.39, 0.29) is 11.9 Å². The number of oxazole rings is 1. The fraction of sp³-hybridized carbons (Fsp3) is 0.385. The molecule has 17 heavy (non-hydrogen) atoms. The second-order valence-corrected chi connectivity index (χ2v) is 3.99. The average molecular weight is 233 g/mol. The zero-order valence-electron chi connectivity index (χ0n) is 9.97. The summed E-state index contributed by atoms with van der Waals surface area (Å²) < 4.78 is 10.0. The minimum atomic E-state index is -0.162. The molecule has 0 radical (unpaired) electrons. The molecule has 0 saturated carbocycles. The van der Waals surface area contributed by atoms with Crippen molar-refractivity contribution in [1.82, 2.24) is 4.98 Å². The van der Waals surface area contributed by atoms with E-state index in [1.54, 1.807) is 0 Å². The minimum Gasteiger partial charge on any atom is -0.469 e. The third-order valence-electron chi connectivity index (χ3n) is 2.91. The van der Waals surface area contributed by atoms with Crippen molar-refractivity contribution in [2.45, 2.75) is 19.8 Å². The molecule has 1 aromatic heterocycles. The van der Waals surface area contributed by atoms with Gasteiger partial charge in [-0.1, -0.05) is 13.0 Å². The number of hydrogen-bond acceptors (Lipinski definition) is 4. The first-order valence-electron chi connectivity index (χ1n) is 5.64. The second-order valence-electron chi connectivity index (χ2n) is 3.99. The van der Waals surface area contributed by atoms with Crippen molar-refractivity contribution in [2.24, 2.45) is 5.92 Å². The molecule has 0 aliphatic rings. The zero-order chi connectivity index (χ0) is 12.3. The SMILES string of the molecule is CCC(Cc1ccc2ncoc2c1)C(=O)OC. The smallest absolute Gasteiger partial charge is 0.308 e. The van der Waals surface area contributed by atoms with Crippen molar-refractivity contribution < 1.29 is 13.9 Å². The van der Waals surface area contributed by atoms with E-state index in [2.05, 4.69) is 4.98 Å². The summed E-state index contributed by atoms with van der Waals surface area (Å²) in [6.07, 6.45) is 2.85. The van der Waals surface area contributed by atoms with Crippen LogP contribution in [0.4, 0.5) is 0 Å². The largest absolute Gasteiger partial charge is 0.469 e. The lowest BCUT2D eigenvalue weighted by Gasteiger charge is -2.11. The molecule has 1 aromatic carbocycles. The van der Waals surface area contributed by atoms with Crippen LogP contribution in [0.25, 0.3) is 11.1 Å². The highest BCUT2D eigenvalue weighted by Crippen LogP contribution is 2.19. The molecule has 2 rings (SSSR count). The average Bonchev–Trinajstić information content (AvgIpc) is 2.82. The Hall–Kier alpha value is -1.84. The third kappa shape index (κ3) is 2.46. The molecular formula is C13H15NO3. The number of rotatable bonds is 4. The van der Waals surface area contributed by atoms with Crippen LogP contribution >= 0.6 is 0 Å². The van der Waals surface area contributed by atoms with E-state index in [9.17, 15) is 4.79 Å². The van der Waals surface area contributed by atoms with Crippen LogP contribution in [-0.2, 0) is 16.0 Å². The molecule has 0 saturated heterocycles. The first-order chi connectivity index (χ1) is 8.24. The van der Waals surface area contributed by atoms with Gasteiger partial charge in [0.1, 0.15) is 5.52 Å². The van der Waals surface area contributed by atoms with Gasteiger partial charge in [-0.25, -0.2) is 4.98 Å². The van der Waals surface area contributed by atoms with Gasteiger partial charge in [-0.3, -0.25) is 4.79 Å². The monoisotopic (exact) mass is 233 g/mol. The lowest BCUT2D eigenvalue weighted by atomic mass is 9.97. The number of aromatic nitrogens is 1. The normalized spacial score (nSPS) is 12.6. The number of fused-ring (bicyclic) bond motifs is 1. The molecular weight excluding hydrogens is 218 g/mol. The Morgan fingerprint density at radius 3 is 3.06 bits per heavy atom. The van der Waals surface area contributed by atoms with Gasteiger partial charge in [0.05, 0.1) is 13.0 Å². The molecule has 0 N–H and O–H groups in total. The molecule has 1 heterocycles. The molecule has 1 atom stereocenters. The van der Waals surface area contributed by atoms with Gasteiger partial charge in [-0.2, -0.15) is 0 Å². The molecule has 4 nitrogen and oxygen atoms in total. The van der Waals surface area contributed by atoms with Crippen LogP contribution < -0.4 is 0 Å². The van der Waals surface area contributed by atoms with Crippen LogP contribution in [-0.4, -0.2) is 18.1 Å². The summed E-state index contributed by atoms with van der Waals surface area (Å²) in [5.41, 5.74) is 2.65. The number of nitrogens with zero attached hydrogens (tertiary/aromatic N) is 1. The predicted octanol–water partition coefficient (Wildman–Crippen LogP) is 2.57. The number of carbonyl (C=O) groups is 1. The molecule has 0 fully saturated rings. The van der Waals surface area contributed by atoms with Crippen LogP contribution in [0.2, 0.25) is 0 Å². The number of ether oxygens (including phenoxy) is 1. The van der Waals surface area contributed by atoms with Crippen molar-refractivity contribution in [3.05, 3.63) is 30.2 Å². The van der Waals surface area contributed by atoms with Crippen LogP contribution in [0.3, 0.4) is 0 Å². The number of esters is 1. The Balaban J connectivity index is 2.18. The maximum absolute atomic E-state index is 11.5. The van der Waals surface area contributed by atoms with Crippen molar-refractivity contribution in [3.63, 3.8) is 0 Å². The van der Waals surface area contributed by atoms with Crippen molar-refractivity contribution >= 4 is 17.1 Å². The molecule has 0 bridgehead atoms. The van der Waals surface area contributed by atoms with Crippen molar-refractivity contribution in [2.75, 3.05) is 7.11 Å². The van der Waals surface area contributed by atoms with Crippen molar-refractivity contribution in [3.8, 4) is 0 Å². The van der Waals surface area contributed by atoms with E-state index in [1.165, 1.54) is 13.5 Å². The molecule has 0 amide bonds. The van der Waals surface area contributed by atoms with Crippen LogP contribution in [0.1, 0.15) is 18.9 Å². The number of carbonyl (C=O) groups excluding carboxylic acids is 1. The summed E-state index contributed by atoms with van der Waals surface area (Å²) in [6.45, 7) is 1.98. The first-order valence-corrected chi connectivity index (χ1v) is 5.64. The molecule has 1 unspecified atom stereocenters. The van der Waals surface area contributed by atoms with E-state index < -0.39 is 0 Å². The predicted molar refractivity (Wildman–Crippen MR) is 63.5 cm³/mol. The van der Waals surface area contributed by atoms with Crippen LogP contribution in [0.15, 0.2) is 29.0 Å². The summed E-state index contributed by atoms with van der Waals surface area (Å²) in [6, 6.07) is 5.79. The molecule has 2 aromatic rings. The summed E-state index contributed by atoms with van der Waals surface area (Å²) in [5.74, 6) is -0.259. The van der Waals surface area contributed by atoms with Crippen molar-refractivity contribution in [1.29, 1.82) is 0 Å². The lowest BCUT2D eigenvalue weighted by Crippen LogP contribution is -2.17. The summed E-state index contributed by atoms with van der Waals surface area (Å²) >= 11 is 0. The zero-order valence-corrected chi connectivity index (χ0v) is 9.97. The summed E-state index contributed by atoms with van der Waals surface area (Å²) in [5, 5.41) is 0. The quantitative estimate of drug-likeness (QED) is 0.761. The fourth-order valence-electron chi connectivity index (χ4n) is 1.87. The van der Waals surface area contributed by atoms with Gasteiger partial charge in [-0.15, -0.1) is 0 Å². The molecule has 90 valence electrons. The first kappa shape index (κ1) is 11.6. The van der Waals surface area contributed by atoms with E-state index in [0.29, 0.717) is 6.42 Å². The highest BCUT2D eigenvalue weighted by molar-refractivity contribution is 5.74. The van der Waals surface area contributed by atoms with Crippen LogP contribution in [0.5, 0.6) is 0 Å². The minimum absolute atomic E-state index is 0.0969. The summed E-state index contributed by atoms with van der Waals surface area (Å²) in [4.78, 5) is 15.6. The van der Waals surface area contributed by atoms with Gasteiger partial charge in [0, 0.05) is 0 Å². The Morgan fingerprint density at radius 1 is 1.53 bits per heavy atom. The third-order valence-corrected chi connectivity index (χ3v) is 2.91. The number of methoxy groups -OCH3 is 1. The molecule has 0 spiro atoms. The van der Waals surface area contributed by atoms with Gasteiger partial charge in [-0.05, 0) is 30.5 Å². The van der Waals surface area contributed by atoms with Gasteiger partial charge >= 0.3 is 5.97 Å². The topological polar surface area (TPSA) is 52.3 Å². The molecule has 0 aliphatic heterocycles. The second kappa shape index (κ2) is 4.99. The standard InChI is InChI=1S/C13H15NO3/c1-3-10(13(15)16-2)6-9-4-5-11-12(7-9)17-8-14-11/h4-5,7-8,10H,3,6H2,1-2H3. The Labute approximate surface area is 99.6 Å². The van der Waals surface area contributed by atoms with Gasteiger partial charge in [0.2, 0.25) is 0 Å². The van der Waals surface area contributed by atoms with E-state index >= 15 is 0 Å². The fourth-order valence-corrected chi connectivity index (χ4v) is 1.87. The Bertz CT molecular complexity index is 518. The molecule has 4 heteroatoms. The van der Waals surface area contributed by atoms with Gasteiger partial charge in [0.25, 0.3) is 0 Å². The highest BCUT2D eigenvalue weighted by atomic mass is 16.5. The van der Waals surface area contributed by atoms with Gasteiger partial charge < -0.3 is 9.15 Å². The Morgan fingerprint density at radius 2 is 2.35 bits per heavy atom.